The number of rotatable bonds is 6. The molecular formula is C29H30N4O2. The van der Waals surface area contributed by atoms with Crippen molar-refractivity contribution in [3.05, 3.63) is 94.5 Å². The molecule has 2 aliphatic heterocycles. The highest BCUT2D eigenvalue weighted by Crippen LogP contribution is 2.30. The maximum absolute atomic E-state index is 9.02. The van der Waals surface area contributed by atoms with Crippen molar-refractivity contribution in [2.75, 3.05) is 27.3 Å². The van der Waals surface area contributed by atoms with Crippen LogP contribution in [0.3, 0.4) is 0 Å². The van der Waals surface area contributed by atoms with Gasteiger partial charge in [0.05, 0.1) is 38.1 Å². The van der Waals surface area contributed by atoms with E-state index in [1.54, 1.807) is 14.2 Å². The van der Waals surface area contributed by atoms with Crippen molar-refractivity contribution in [3.63, 3.8) is 0 Å². The molecule has 0 spiro atoms. The van der Waals surface area contributed by atoms with Gasteiger partial charge in [-0.2, -0.15) is 10.4 Å². The molecule has 0 radical (unpaired) electrons. The first-order chi connectivity index (χ1) is 17.2. The van der Waals surface area contributed by atoms with E-state index >= 15 is 0 Å². The van der Waals surface area contributed by atoms with Gasteiger partial charge >= 0.3 is 0 Å². The zero-order valence-electron chi connectivity index (χ0n) is 20.3. The molecule has 2 aliphatic rings. The first kappa shape index (κ1) is 22.9. The van der Waals surface area contributed by atoms with Crippen LogP contribution in [0.5, 0.6) is 11.5 Å². The van der Waals surface area contributed by atoms with E-state index in [2.05, 4.69) is 52.4 Å². The lowest BCUT2D eigenvalue weighted by atomic mass is 9.94. The van der Waals surface area contributed by atoms with Gasteiger partial charge in [0.15, 0.2) is 0 Å². The van der Waals surface area contributed by atoms with Crippen molar-refractivity contribution in [1.29, 1.82) is 5.26 Å². The van der Waals surface area contributed by atoms with Crippen molar-refractivity contribution in [1.82, 2.24) is 9.91 Å². The second kappa shape index (κ2) is 10.2. The maximum atomic E-state index is 9.02. The van der Waals surface area contributed by atoms with E-state index in [1.807, 2.05) is 30.3 Å². The standard InChI is InChI=1S/C29H30N4O2/c1-34-26-9-7-23(8-10-26)29-28-12-11-27(35-2)17-24(28)20-33(31-29)25-13-15-32(16-14-25)19-22-5-3-21(18-30)4-6-22/h3-12,17,25H,13-16,19-20H2,1-2H3. The molecule has 2 heterocycles. The van der Waals surface area contributed by atoms with Gasteiger partial charge in [-0.1, -0.05) is 12.1 Å². The molecule has 6 nitrogen and oxygen atoms in total. The van der Waals surface area contributed by atoms with Gasteiger partial charge in [0.1, 0.15) is 11.5 Å². The Labute approximate surface area is 207 Å². The monoisotopic (exact) mass is 466 g/mol. The minimum atomic E-state index is 0.389. The van der Waals surface area contributed by atoms with Gasteiger partial charge in [-0.3, -0.25) is 9.91 Å². The molecule has 0 bridgehead atoms. The van der Waals surface area contributed by atoms with E-state index in [-0.39, 0.29) is 0 Å². The van der Waals surface area contributed by atoms with Gasteiger partial charge in [0, 0.05) is 36.8 Å². The second-order valence-electron chi connectivity index (χ2n) is 9.11. The van der Waals surface area contributed by atoms with Gasteiger partial charge < -0.3 is 9.47 Å². The molecule has 178 valence electrons. The van der Waals surface area contributed by atoms with Crippen LogP contribution in [0.2, 0.25) is 0 Å². The Morgan fingerprint density at radius 1 is 0.914 bits per heavy atom. The number of hydrogen-bond acceptors (Lipinski definition) is 6. The molecule has 0 amide bonds. The van der Waals surface area contributed by atoms with Crippen LogP contribution in [0, 0.1) is 11.3 Å². The van der Waals surface area contributed by atoms with E-state index in [1.165, 1.54) is 11.1 Å². The van der Waals surface area contributed by atoms with Crippen LogP contribution in [-0.4, -0.2) is 49.0 Å². The Morgan fingerprint density at radius 2 is 1.60 bits per heavy atom. The first-order valence-electron chi connectivity index (χ1n) is 12.0. The Kier molecular flexibility index (Phi) is 6.69. The normalized spacial score (nSPS) is 16.3. The molecule has 1 fully saturated rings. The number of nitriles is 1. The summed E-state index contributed by atoms with van der Waals surface area (Å²) < 4.78 is 10.9. The summed E-state index contributed by atoms with van der Waals surface area (Å²) in [5.41, 5.74) is 6.44. The van der Waals surface area contributed by atoms with Gasteiger partial charge in [-0.25, -0.2) is 0 Å². The largest absolute Gasteiger partial charge is 0.497 e. The molecule has 0 aromatic heterocycles. The third-order valence-corrected chi connectivity index (χ3v) is 6.96. The molecular weight excluding hydrogens is 436 g/mol. The predicted molar refractivity (Wildman–Crippen MR) is 137 cm³/mol. The third-order valence-electron chi connectivity index (χ3n) is 6.96. The van der Waals surface area contributed by atoms with E-state index < -0.39 is 0 Å². The average molecular weight is 467 g/mol. The molecule has 5 rings (SSSR count). The van der Waals surface area contributed by atoms with Gasteiger partial charge in [0.25, 0.3) is 0 Å². The van der Waals surface area contributed by atoms with Gasteiger partial charge in [-0.15, -0.1) is 0 Å². The predicted octanol–water partition coefficient (Wildman–Crippen LogP) is 4.81. The van der Waals surface area contributed by atoms with E-state index in [0.29, 0.717) is 11.6 Å². The first-order valence-corrected chi connectivity index (χ1v) is 12.0. The van der Waals surface area contributed by atoms with Crippen LogP contribution in [-0.2, 0) is 13.1 Å². The molecule has 0 unspecified atom stereocenters. The quantitative estimate of drug-likeness (QED) is 0.522. The zero-order chi connectivity index (χ0) is 24.2. The Bertz CT molecular complexity index is 1240. The fourth-order valence-corrected chi connectivity index (χ4v) is 4.94. The third kappa shape index (κ3) is 5.01. The number of methoxy groups -OCH3 is 2. The van der Waals surface area contributed by atoms with Crippen molar-refractivity contribution in [3.8, 4) is 17.6 Å². The summed E-state index contributed by atoms with van der Waals surface area (Å²) in [4.78, 5) is 2.49. The van der Waals surface area contributed by atoms with Crippen molar-refractivity contribution >= 4 is 5.71 Å². The number of ether oxygens (including phenoxy) is 2. The smallest absolute Gasteiger partial charge is 0.119 e. The Morgan fingerprint density at radius 3 is 2.26 bits per heavy atom. The molecule has 0 N–H and O–H groups in total. The highest BCUT2D eigenvalue weighted by molar-refractivity contribution is 6.14. The molecule has 3 aromatic rings. The number of nitrogens with zero attached hydrogens (tertiary/aromatic N) is 4. The van der Waals surface area contributed by atoms with Crippen LogP contribution in [0.25, 0.3) is 0 Å². The number of likely N-dealkylation sites (tertiary alicyclic amines) is 1. The highest BCUT2D eigenvalue weighted by atomic mass is 16.5. The Balaban J connectivity index is 1.33. The number of hydrogen-bond donors (Lipinski definition) is 0. The number of benzene rings is 3. The fourth-order valence-electron chi connectivity index (χ4n) is 4.94. The fraction of sp³-hybridized carbons (Fsp3) is 0.310. The Hall–Kier alpha value is -3.82. The van der Waals surface area contributed by atoms with Crippen molar-refractivity contribution in [2.24, 2.45) is 5.10 Å². The molecule has 0 atom stereocenters. The molecule has 3 aromatic carbocycles. The minimum Gasteiger partial charge on any atom is -0.497 e. The van der Waals surface area contributed by atoms with Gasteiger partial charge in [-0.05, 0) is 78.6 Å². The zero-order valence-corrected chi connectivity index (χ0v) is 20.3. The highest BCUT2D eigenvalue weighted by Gasteiger charge is 2.29. The molecule has 35 heavy (non-hydrogen) atoms. The summed E-state index contributed by atoms with van der Waals surface area (Å²) in [6.45, 7) is 3.75. The molecule has 1 saturated heterocycles. The van der Waals surface area contributed by atoms with Crippen molar-refractivity contribution in [2.45, 2.75) is 32.0 Å². The summed E-state index contributed by atoms with van der Waals surface area (Å²) in [5.74, 6) is 1.71. The summed E-state index contributed by atoms with van der Waals surface area (Å²) in [5, 5.41) is 16.5. The van der Waals surface area contributed by atoms with Crippen LogP contribution >= 0.6 is 0 Å². The van der Waals surface area contributed by atoms with Crippen LogP contribution < -0.4 is 9.47 Å². The SMILES string of the molecule is COc1ccc(C2=NN(C3CCN(Cc4ccc(C#N)cc4)CC3)Cc3cc(OC)ccc32)cc1. The van der Waals surface area contributed by atoms with E-state index in [0.717, 1.165) is 67.4 Å². The maximum Gasteiger partial charge on any atom is 0.119 e. The van der Waals surface area contributed by atoms with Crippen LogP contribution in [0.15, 0.2) is 71.8 Å². The number of hydrazone groups is 1. The van der Waals surface area contributed by atoms with Crippen molar-refractivity contribution < 1.29 is 9.47 Å². The molecule has 0 aliphatic carbocycles. The topological polar surface area (TPSA) is 61.1 Å². The van der Waals surface area contributed by atoms with E-state index in [9.17, 15) is 0 Å². The summed E-state index contributed by atoms with van der Waals surface area (Å²) in [7, 11) is 3.40. The lowest BCUT2D eigenvalue weighted by Crippen LogP contribution is -2.44. The lowest BCUT2D eigenvalue weighted by molar-refractivity contribution is 0.100. The second-order valence-corrected chi connectivity index (χ2v) is 9.11. The summed E-state index contributed by atoms with van der Waals surface area (Å²) in [6, 6.07) is 24.9. The number of piperidine rings is 1. The van der Waals surface area contributed by atoms with E-state index in [4.69, 9.17) is 19.8 Å². The molecule has 6 heteroatoms. The summed E-state index contributed by atoms with van der Waals surface area (Å²) in [6.07, 6.45) is 2.13. The van der Waals surface area contributed by atoms with Crippen LogP contribution in [0.4, 0.5) is 0 Å². The average Bonchev–Trinajstić information content (AvgIpc) is 2.93. The van der Waals surface area contributed by atoms with Gasteiger partial charge in [0.2, 0.25) is 0 Å². The van der Waals surface area contributed by atoms with Crippen LogP contribution in [0.1, 0.15) is 40.7 Å². The summed E-state index contributed by atoms with van der Waals surface area (Å²) >= 11 is 0. The number of fused-ring (bicyclic) bond motifs is 1. The minimum absolute atomic E-state index is 0.389. The lowest BCUT2D eigenvalue weighted by Gasteiger charge is -2.39. The molecule has 0 saturated carbocycles.